The van der Waals surface area contributed by atoms with Crippen LogP contribution in [0.3, 0.4) is 0 Å². The van der Waals surface area contributed by atoms with E-state index in [4.69, 9.17) is 4.74 Å². The van der Waals surface area contributed by atoms with Gasteiger partial charge in [-0.3, -0.25) is 9.59 Å². The predicted octanol–water partition coefficient (Wildman–Crippen LogP) is 3.39. The molecule has 0 aromatic heterocycles. The predicted molar refractivity (Wildman–Crippen MR) is 66.0 cm³/mol. The maximum Gasteiger partial charge on any atom is 0.422 e. The van der Waals surface area contributed by atoms with Gasteiger partial charge >= 0.3 is 18.1 Å². The zero-order valence-corrected chi connectivity index (χ0v) is 11.6. The second-order valence-corrected chi connectivity index (χ2v) is 4.41. The summed E-state index contributed by atoms with van der Waals surface area (Å²) in [6.45, 7) is 0.746. The van der Waals surface area contributed by atoms with Crippen molar-refractivity contribution in [3.05, 3.63) is 0 Å². The first-order valence-electron chi connectivity index (χ1n) is 6.73. The van der Waals surface area contributed by atoms with Crippen molar-refractivity contribution in [1.29, 1.82) is 0 Å². The van der Waals surface area contributed by atoms with Gasteiger partial charge in [0.25, 0.3) is 0 Å². The maximum atomic E-state index is 11.7. The van der Waals surface area contributed by atoms with Crippen LogP contribution in [-0.4, -0.2) is 31.3 Å². The zero-order chi connectivity index (χ0) is 15.4. The van der Waals surface area contributed by atoms with E-state index < -0.39 is 31.1 Å². The molecule has 4 nitrogen and oxygen atoms in total. The monoisotopic (exact) mass is 298 g/mol. The average Bonchev–Trinajstić information content (AvgIpc) is 2.37. The number of hydrogen-bond acceptors (Lipinski definition) is 4. The van der Waals surface area contributed by atoms with E-state index in [0.717, 1.165) is 32.1 Å². The summed E-state index contributed by atoms with van der Waals surface area (Å²) in [5, 5.41) is 0. The summed E-state index contributed by atoms with van der Waals surface area (Å²) in [5.41, 5.74) is 0. The molecule has 0 saturated carbocycles. The summed E-state index contributed by atoms with van der Waals surface area (Å²) in [4.78, 5) is 22.1. The van der Waals surface area contributed by atoms with Crippen molar-refractivity contribution >= 4 is 11.9 Å². The molecule has 0 spiro atoms. The number of rotatable bonds is 10. The lowest BCUT2D eigenvalue weighted by Crippen LogP contribution is -2.20. The number of unbranched alkanes of at least 4 members (excludes halogenated alkanes) is 4. The van der Waals surface area contributed by atoms with Gasteiger partial charge in [-0.05, 0) is 6.42 Å². The molecule has 0 aliphatic carbocycles. The lowest BCUT2D eigenvalue weighted by Gasteiger charge is -2.07. The molecule has 0 aliphatic heterocycles. The summed E-state index contributed by atoms with van der Waals surface area (Å²) in [5.74, 6) is -1.65. The Hall–Kier alpha value is -1.27. The van der Waals surface area contributed by atoms with E-state index >= 15 is 0 Å². The number of carbonyl (C=O) groups is 2. The second-order valence-electron chi connectivity index (χ2n) is 4.41. The highest BCUT2D eigenvalue weighted by molar-refractivity contribution is 5.77. The number of carbonyl (C=O) groups excluding carboxylic acids is 2. The molecular weight excluding hydrogens is 277 g/mol. The molecule has 0 aromatic carbocycles. The Labute approximate surface area is 116 Å². The Morgan fingerprint density at radius 3 is 2.00 bits per heavy atom. The van der Waals surface area contributed by atoms with Gasteiger partial charge in [-0.1, -0.05) is 32.6 Å². The van der Waals surface area contributed by atoms with Crippen LogP contribution in [0.4, 0.5) is 13.2 Å². The Kier molecular flexibility index (Phi) is 9.84. The van der Waals surface area contributed by atoms with Gasteiger partial charge in [0.15, 0.2) is 6.61 Å². The summed E-state index contributed by atoms with van der Waals surface area (Å²) >= 11 is 0. The van der Waals surface area contributed by atoms with Crippen LogP contribution in [0.1, 0.15) is 51.9 Å². The first kappa shape index (κ1) is 18.7. The van der Waals surface area contributed by atoms with Crippen LogP contribution in [0.15, 0.2) is 0 Å². The first-order chi connectivity index (χ1) is 9.35. The molecule has 118 valence electrons. The van der Waals surface area contributed by atoms with Gasteiger partial charge in [-0.25, -0.2) is 0 Å². The molecule has 0 unspecified atom stereocenters. The molecular formula is C13H21F3O4. The van der Waals surface area contributed by atoms with Crippen LogP contribution >= 0.6 is 0 Å². The van der Waals surface area contributed by atoms with Gasteiger partial charge in [0, 0.05) is 0 Å². The van der Waals surface area contributed by atoms with Crippen LogP contribution in [0.25, 0.3) is 0 Å². The molecule has 0 bridgehead atoms. The van der Waals surface area contributed by atoms with Crippen LogP contribution in [0, 0.1) is 0 Å². The standard InChI is InChI=1S/C13H21F3O4/c1-2-3-4-5-6-9-19-11(17)7-8-12(18)20-10-13(14,15)16/h2-10H2,1H3. The molecule has 0 saturated heterocycles. The van der Waals surface area contributed by atoms with Gasteiger partial charge in [-0.2, -0.15) is 13.2 Å². The van der Waals surface area contributed by atoms with E-state index in [1.807, 2.05) is 0 Å². The molecule has 0 fully saturated rings. The van der Waals surface area contributed by atoms with E-state index in [1.165, 1.54) is 0 Å². The van der Waals surface area contributed by atoms with Crippen LogP contribution < -0.4 is 0 Å². The fourth-order valence-electron chi connectivity index (χ4n) is 1.40. The summed E-state index contributed by atoms with van der Waals surface area (Å²) in [6, 6.07) is 0. The maximum absolute atomic E-state index is 11.7. The first-order valence-corrected chi connectivity index (χ1v) is 6.73. The third kappa shape index (κ3) is 13.2. The lowest BCUT2D eigenvalue weighted by molar-refractivity contribution is -0.186. The minimum Gasteiger partial charge on any atom is -0.466 e. The number of esters is 2. The van der Waals surface area contributed by atoms with Gasteiger partial charge < -0.3 is 9.47 Å². The highest BCUT2D eigenvalue weighted by Crippen LogP contribution is 2.15. The van der Waals surface area contributed by atoms with Crippen molar-refractivity contribution in [1.82, 2.24) is 0 Å². The molecule has 0 radical (unpaired) electrons. The van der Waals surface area contributed by atoms with E-state index in [0.29, 0.717) is 0 Å². The fourth-order valence-corrected chi connectivity index (χ4v) is 1.40. The van der Waals surface area contributed by atoms with Crippen molar-refractivity contribution < 1.29 is 32.2 Å². The smallest absolute Gasteiger partial charge is 0.422 e. The minimum atomic E-state index is -4.55. The molecule has 20 heavy (non-hydrogen) atoms. The third-order valence-electron chi connectivity index (χ3n) is 2.44. The van der Waals surface area contributed by atoms with Crippen LogP contribution in [0.2, 0.25) is 0 Å². The molecule has 0 aliphatic rings. The van der Waals surface area contributed by atoms with E-state index in [2.05, 4.69) is 11.7 Å². The fraction of sp³-hybridized carbons (Fsp3) is 0.846. The zero-order valence-electron chi connectivity index (χ0n) is 11.6. The van der Waals surface area contributed by atoms with Crippen molar-refractivity contribution in [2.45, 2.75) is 58.0 Å². The average molecular weight is 298 g/mol. The molecule has 0 atom stereocenters. The second kappa shape index (κ2) is 10.5. The largest absolute Gasteiger partial charge is 0.466 e. The molecule has 0 N–H and O–H groups in total. The Morgan fingerprint density at radius 1 is 0.900 bits per heavy atom. The highest BCUT2D eigenvalue weighted by atomic mass is 19.4. The molecule has 7 heteroatoms. The SMILES string of the molecule is CCCCCCCOC(=O)CCC(=O)OCC(F)(F)F. The van der Waals surface area contributed by atoms with E-state index in [1.54, 1.807) is 0 Å². The van der Waals surface area contributed by atoms with E-state index in [-0.39, 0.29) is 13.0 Å². The van der Waals surface area contributed by atoms with Crippen LogP contribution in [-0.2, 0) is 19.1 Å². The van der Waals surface area contributed by atoms with Gasteiger partial charge in [0.05, 0.1) is 19.4 Å². The number of hydrogen-bond donors (Lipinski definition) is 0. The number of halogens is 3. The van der Waals surface area contributed by atoms with Crippen molar-refractivity contribution in [3.8, 4) is 0 Å². The van der Waals surface area contributed by atoms with Crippen molar-refractivity contribution in [2.24, 2.45) is 0 Å². The molecule has 0 heterocycles. The molecule has 0 aromatic rings. The van der Waals surface area contributed by atoms with Crippen LogP contribution in [0.5, 0.6) is 0 Å². The number of alkyl halides is 3. The summed E-state index contributed by atoms with van der Waals surface area (Å²) < 4.78 is 44.0. The van der Waals surface area contributed by atoms with Gasteiger partial charge in [0.2, 0.25) is 0 Å². The normalized spacial score (nSPS) is 11.2. The summed E-state index contributed by atoms with van der Waals surface area (Å²) in [7, 11) is 0. The number of ether oxygens (including phenoxy) is 2. The van der Waals surface area contributed by atoms with Crippen molar-refractivity contribution in [3.63, 3.8) is 0 Å². The summed E-state index contributed by atoms with van der Waals surface area (Å²) in [6.07, 6.45) is -0.138. The Bertz CT molecular complexity index is 290. The Balaban J connectivity index is 3.50. The van der Waals surface area contributed by atoms with Gasteiger partial charge in [0.1, 0.15) is 0 Å². The quantitative estimate of drug-likeness (QED) is 0.458. The topological polar surface area (TPSA) is 52.6 Å². The van der Waals surface area contributed by atoms with Crippen molar-refractivity contribution in [2.75, 3.05) is 13.2 Å². The van der Waals surface area contributed by atoms with Gasteiger partial charge in [-0.15, -0.1) is 0 Å². The third-order valence-corrected chi connectivity index (χ3v) is 2.44. The highest BCUT2D eigenvalue weighted by Gasteiger charge is 2.29. The minimum absolute atomic E-state index is 0.258. The Morgan fingerprint density at radius 2 is 1.45 bits per heavy atom. The van der Waals surface area contributed by atoms with E-state index in [9.17, 15) is 22.8 Å². The molecule has 0 amide bonds. The lowest BCUT2D eigenvalue weighted by atomic mass is 10.2. The molecule has 0 rings (SSSR count).